The number of rotatable bonds is 4. The van der Waals surface area contributed by atoms with Crippen molar-refractivity contribution in [1.82, 2.24) is 14.6 Å². The largest absolute Gasteiger partial charge is 0.619 e. The van der Waals surface area contributed by atoms with E-state index in [1.54, 1.807) is 22.8 Å². The molecule has 0 fully saturated rings. The maximum atomic E-state index is 11.2. The molecule has 0 atom stereocenters. The second-order valence-electron chi connectivity index (χ2n) is 5.68. The fraction of sp³-hybridized carbons (Fsp3) is 0.0556. The maximum Gasteiger partial charge on any atom is 0.180 e. The van der Waals surface area contributed by atoms with E-state index >= 15 is 0 Å². The van der Waals surface area contributed by atoms with E-state index in [9.17, 15) is 5.21 Å². The number of fused-ring (bicyclic) bond motifs is 1. The standard InChI is InChI=1S/C18H13BrClN5O/c19-15-11-22-25-17(21-10-12-5-7-24(26)8-6-12)9-16(23-18(15)25)13-1-3-14(20)4-2-13/h1-9,11,21H,10H2. The Morgan fingerprint density at radius 3 is 2.62 bits per heavy atom. The van der Waals surface area contributed by atoms with Gasteiger partial charge in [-0.2, -0.15) is 14.3 Å². The molecule has 3 heterocycles. The van der Waals surface area contributed by atoms with Crippen LogP contribution >= 0.6 is 27.5 Å². The molecule has 1 N–H and O–H groups in total. The van der Waals surface area contributed by atoms with Crippen LogP contribution < -0.4 is 10.0 Å². The van der Waals surface area contributed by atoms with Gasteiger partial charge in [0.25, 0.3) is 0 Å². The highest BCUT2D eigenvalue weighted by atomic mass is 79.9. The van der Waals surface area contributed by atoms with Crippen LogP contribution in [0.4, 0.5) is 5.82 Å². The summed E-state index contributed by atoms with van der Waals surface area (Å²) in [5.41, 5.74) is 3.47. The molecule has 26 heavy (non-hydrogen) atoms. The van der Waals surface area contributed by atoms with Gasteiger partial charge in [0.2, 0.25) is 0 Å². The van der Waals surface area contributed by atoms with E-state index in [2.05, 4.69) is 31.3 Å². The van der Waals surface area contributed by atoms with Gasteiger partial charge in [0.05, 0.1) is 16.4 Å². The molecule has 4 aromatic rings. The first-order valence-corrected chi connectivity index (χ1v) is 8.99. The van der Waals surface area contributed by atoms with E-state index in [0.717, 1.165) is 31.8 Å². The highest BCUT2D eigenvalue weighted by Crippen LogP contribution is 2.27. The molecule has 0 spiro atoms. The van der Waals surface area contributed by atoms with E-state index in [0.29, 0.717) is 17.2 Å². The quantitative estimate of drug-likeness (QED) is 0.392. The van der Waals surface area contributed by atoms with Gasteiger partial charge in [0, 0.05) is 35.3 Å². The molecule has 3 aromatic heterocycles. The highest BCUT2D eigenvalue weighted by molar-refractivity contribution is 9.10. The molecule has 0 unspecified atom stereocenters. The summed E-state index contributed by atoms with van der Waals surface area (Å²) in [6.07, 6.45) is 4.66. The average molecular weight is 431 g/mol. The first-order chi connectivity index (χ1) is 12.6. The Morgan fingerprint density at radius 2 is 1.88 bits per heavy atom. The third-order valence-corrected chi connectivity index (χ3v) is 4.72. The number of aromatic nitrogens is 4. The van der Waals surface area contributed by atoms with Gasteiger partial charge in [0.1, 0.15) is 5.82 Å². The molecule has 130 valence electrons. The fourth-order valence-corrected chi connectivity index (χ4v) is 3.06. The SMILES string of the molecule is [O-][n+]1ccc(CNc2cc(-c3ccc(Cl)cc3)nc3c(Br)cnn23)cc1. The van der Waals surface area contributed by atoms with Crippen LogP contribution in [0.2, 0.25) is 5.02 Å². The third kappa shape index (κ3) is 3.36. The Kier molecular flexibility index (Phi) is 4.48. The van der Waals surface area contributed by atoms with Crippen LogP contribution in [0, 0.1) is 5.21 Å². The van der Waals surface area contributed by atoms with Crippen LogP contribution in [0.15, 0.2) is 65.5 Å². The zero-order valence-electron chi connectivity index (χ0n) is 13.4. The van der Waals surface area contributed by atoms with Gasteiger partial charge < -0.3 is 10.5 Å². The molecule has 0 aliphatic rings. The van der Waals surface area contributed by atoms with E-state index < -0.39 is 0 Å². The summed E-state index contributed by atoms with van der Waals surface area (Å²) in [7, 11) is 0. The molecule has 0 aliphatic heterocycles. The number of pyridine rings is 1. The van der Waals surface area contributed by atoms with Gasteiger partial charge in [-0.3, -0.25) is 0 Å². The van der Waals surface area contributed by atoms with E-state index in [1.165, 1.54) is 12.4 Å². The molecule has 0 amide bonds. The Labute approximate surface area is 162 Å². The number of nitrogens with zero attached hydrogens (tertiary/aromatic N) is 4. The molecule has 4 rings (SSSR count). The van der Waals surface area contributed by atoms with Gasteiger partial charge in [-0.15, -0.1) is 0 Å². The van der Waals surface area contributed by atoms with E-state index in [4.69, 9.17) is 11.6 Å². The topological polar surface area (TPSA) is 69.2 Å². The zero-order valence-corrected chi connectivity index (χ0v) is 15.8. The molecule has 1 aromatic carbocycles. The number of benzene rings is 1. The van der Waals surface area contributed by atoms with Gasteiger partial charge in [-0.05, 0) is 33.6 Å². The molecule has 0 aliphatic carbocycles. The fourth-order valence-electron chi connectivity index (χ4n) is 2.58. The first-order valence-electron chi connectivity index (χ1n) is 7.82. The third-order valence-electron chi connectivity index (χ3n) is 3.91. The summed E-state index contributed by atoms with van der Waals surface area (Å²) in [5, 5.41) is 19.6. The predicted octanol–water partition coefficient (Wildman–Crippen LogP) is 4.06. The lowest BCUT2D eigenvalue weighted by Gasteiger charge is -2.11. The molecule has 0 saturated heterocycles. The number of hydrogen-bond acceptors (Lipinski definition) is 4. The number of hydrogen-bond donors (Lipinski definition) is 1. The second kappa shape index (κ2) is 6.93. The maximum absolute atomic E-state index is 11.2. The van der Waals surface area contributed by atoms with Crippen molar-refractivity contribution in [3.63, 3.8) is 0 Å². The van der Waals surface area contributed by atoms with Crippen molar-refractivity contribution in [3.8, 4) is 11.3 Å². The summed E-state index contributed by atoms with van der Waals surface area (Å²) in [5.74, 6) is 0.796. The minimum absolute atomic E-state index is 0.553. The molecule has 0 radical (unpaired) electrons. The molecule has 6 nitrogen and oxygen atoms in total. The monoisotopic (exact) mass is 429 g/mol. The van der Waals surface area contributed by atoms with Crippen molar-refractivity contribution in [3.05, 3.63) is 81.3 Å². The first kappa shape index (κ1) is 16.8. The number of halogens is 2. The number of anilines is 1. The summed E-state index contributed by atoms with van der Waals surface area (Å²) >= 11 is 9.47. The van der Waals surface area contributed by atoms with Crippen molar-refractivity contribution in [2.24, 2.45) is 0 Å². The summed E-state index contributed by atoms with van der Waals surface area (Å²) in [6, 6.07) is 13.0. The summed E-state index contributed by atoms with van der Waals surface area (Å²) < 4.78 is 3.31. The van der Waals surface area contributed by atoms with Crippen molar-refractivity contribution >= 4 is 39.0 Å². The smallest absolute Gasteiger partial charge is 0.180 e. The minimum atomic E-state index is 0.553. The second-order valence-corrected chi connectivity index (χ2v) is 6.97. The predicted molar refractivity (Wildman–Crippen MR) is 104 cm³/mol. The highest BCUT2D eigenvalue weighted by Gasteiger charge is 2.11. The normalized spacial score (nSPS) is 11.0. The lowest BCUT2D eigenvalue weighted by atomic mass is 10.1. The van der Waals surface area contributed by atoms with Crippen molar-refractivity contribution < 1.29 is 4.73 Å². The summed E-state index contributed by atoms with van der Waals surface area (Å²) in [4.78, 5) is 4.69. The van der Waals surface area contributed by atoms with Gasteiger partial charge in [-0.25, -0.2) is 4.98 Å². The molecular weight excluding hydrogens is 418 g/mol. The molecule has 0 bridgehead atoms. The summed E-state index contributed by atoms with van der Waals surface area (Å²) in [6.45, 7) is 0.553. The van der Waals surface area contributed by atoms with Crippen LogP contribution in [-0.2, 0) is 6.54 Å². The van der Waals surface area contributed by atoms with Crippen molar-refractivity contribution in [2.45, 2.75) is 6.54 Å². The Morgan fingerprint density at radius 1 is 1.15 bits per heavy atom. The molecule has 0 saturated carbocycles. The molecular formula is C18H13BrClN5O. The van der Waals surface area contributed by atoms with Crippen molar-refractivity contribution in [2.75, 3.05) is 5.32 Å². The van der Waals surface area contributed by atoms with Crippen LogP contribution in [-0.4, -0.2) is 14.6 Å². The zero-order chi connectivity index (χ0) is 18.1. The van der Waals surface area contributed by atoms with E-state index in [1.807, 2.05) is 30.3 Å². The lowest BCUT2D eigenvalue weighted by molar-refractivity contribution is -0.605. The Balaban J connectivity index is 1.72. The van der Waals surface area contributed by atoms with Crippen molar-refractivity contribution in [1.29, 1.82) is 0 Å². The van der Waals surface area contributed by atoms with Gasteiger partial charge >= 0.3 is 0 Å². The molecule has 8 heteroatoms. The average Bonchev–Trinajstić information content (AvgIpc) is 3.03. The van der Waals surface area contributed by atoms with Crippen LogP contribution in [0.25, 0.3) is 16.9 Å². The van der Waals surface area contributed by atoms with Crippen LogP contribution in [0.3, 0.4) is 0 Å². The van der Waals surface area contributed by atoms with Crippen LogP contribution in [0.1, 0.15) is 5.56 Å². The Bertz CT molecular complexity index is 1060. The minimum Gasteiger partial charge on any atom is -0.619 e. The van der Waals surface area contributed by atoms with Gasteiger partial charge in [-0.1, -0.05) is 23.7 Å². The van der Waals surface area contributed by atoms with E-state index in [-0.39, 0.29) is 0 Å². The van der Waals surface area contributed by atoms with Crippen LogP contribution in [0.5, 0.6) is 0 Å². The number of nitrogens with one attached hydrogen (secondary N) is 1. The van der Waals surface area contributed by atoms with Gasteiger partial charge in [0.15, 0.2) is 18.0 Å². The lowest BCUT2D eigenvalue weighted by Crippen LogP contribution is -2.24. The Hall–Kier alpha value is -2.64.